The van der Waals surface area contributed by atoms with Crippen LogP contribution < -0.4 is 10.6 Å². The van der Waals surface area contributed by atoms with Crippen LogP contribution in [-0.2, 0) is 11.3 Å². The number of aromatic nitrogens is 2. The molecule has 0 spiro atoms. The minimum absolute atomic E-state index is 0.510. The standard InChI is InChI=1S/C11H18N4O/c1-16-8-9-3-5-15(7-9)11-10(6-12)2-4-13-14-11/h2,4,9H,3,5-8,12H2,1H3. The molecule has 1 atom stereocenters. The number of anilines is 1. The van der Waals surface area contributed by atoms with Crippen molar-refractivity contribution in [2.45, 2.75) is 13.0 Å². The molecule has 0 amide bonds. The number of nitrogens with two attached hydrogens (primary N) is 1. The lowest BCUT2D eigenvalue weighted by atomic mass is 10.1. The van der Waals surface area contributed by atoms with Crippen LogP contribution in [-0.4, -0.2) is 37.0 Å². The van der Waals surface area contributed by atoms with Crippen molar-refractivity contribution >= 4 is 5.82 Å². The molecule has 1 saturated heterocycles. The molecule has 1 aromatic heterocycles. The van der Waals surface area contributed by atoms with Crippen molar-refractivity contribution in [3.63, 3.8) is 0 Å². The monoisotopic (exact) mass is 222 g/mol. The fourth-order valence-corrected chi connectivity index (χ4v) is 2.17. The van der Waals surface area contributed by atoms with E-state index in [0.717, 1.165) is 37.5 Å². The summed E-state index contributed by atoms with van der Waals surface area (Å²) in [7, 11) is 1.75. The highest BCUT2D eigenvalue weighted by molar-refractivity contribution is 5.46. The van der Waals surface area contributed by atoms with Crippen LogP contribution in [0.3, 0.4) is 0 Å². The van der Waals surface area contributed by atoms with Crippen LogP contribution in [0.1, 0.15) is 12.0 Å². The Morgan fingerprint density at radius 1 is 1.62 bits per heavy atom. The van der Waals surface area contributed by atoms with Gasteiger partial charge in [0, 0.05) is 38.2 Å². The molecule has 0 radical (unpaired) electrons. The van der Waals surface area contributed by atoms with Crippen LogP contribution in [0, 0.1) is 5.92 Å². The minimum Gasteiger partial charge on any atom is -0.384 e. The van der Waals surface area contributed by atoms with E-state index in [-0.39, 0.29) is 0 Å². The van der Waals surface area contributed by atoms with Crippen LogP contribution in [0.4, 0.5) is 5.82 Å². The summed E-state index contributed by atoms with van der Waals surface area (Å²) in [4.78, 5) is 2.25. The summed E-state index contributed by atoms with van der Waals surface area (Å²) in [6.45, 7) is 3.32. The molecule has 0 aromatic carbocycles. The van der Waals surface area contributed by atoms with E-state index in [4.69, 9.17) is 10.5 Å². The van der Waals surface area contributed by atoms with Gasteiger partial charge < -0.3 is 15.4 Å². The summed E-state index contributed by atoms with van der Waals surface area (Å²) in [6, 6.07) is 1.94. The van der Waals surface area contributed by atoms with Gasteiger partial charge in [0.2, 0.25) is 0 Å². The number of nitrogens with zero attached hydrogens (tertiary/aromatic N) is 3. The fourth-order valence-electron chi connectivity index (χ4n) is 2.17. The van der Waals surface area contributed by atoms with E-state index in [1.165, 1.54) is 0 Å². The second-order valence-electron chi connectivity index (χ2n) is 4.14. The summed E-state index contributed by atoms with van der Waals surface area (Å²) in [6.07, 6.45) is 2.84. The zero-order valence-electron chi connectivity index (χ0n) is 9.59. The first-order chi connectivity index (χ1) is 7.85. The van der Waals surface area contributed by atoms with Crippen molar-refractivity contribution in [1.29, 1.82) is 0 Å². The van der Waals surface area contributed by atoms with Crippen molar-refractivity contribution in [3.8, 4) is 0 Å². The van der Waals surface area contributed by atoms with E-state index in [2.05, 4.69) is 15.1 Å². The highest BCUT2D eigenvalue weighted by Crippen LogP contribution is 2.24. The van der Waals surface area contributed by atoms with E-state index in [1.54, 1.807) is 13.3 Å². The van der Waals surface area contributed by atoms with Crippen LogP contribution in [0.15, 0.2) is 12.3 Å². The molecule has 2 N–H and O–H groups in total. The molecule has 5 heteroatoms. The maximum absolute atomic E-state index is 5.69. The second kappa shape index (κ2) is 5.23. The first-order valence-corrected chi connectivity index (χ1v) is 5.59. The third kappa shape index (κ3) is 2.31. The van der Waals surface area contributed by atoms with Gasteiger partial charge in [0.15, 0.2) is 5.82 Å². The van der Waals surface area contributed by atoms with E-state index >= 15 is 0 Å². The van der Waals surface area contributed by atoms with Gasteiger partial charge in [0.1, 0.15) is 0 Å². The van der Waals surface area contributed by atoms with Gasteiger partial charge in [0.25, 0.3) is 0 Å². The molecular formula is C11H18N4O. The summed E-state index contributed by atoms with van der Waals surface area (Å²) in [5, 5.41) is 8.11. The lowest BCUT2D eigenvalue weighted by Gasteiger charge is -2.19. The maximum atomic E-state index is 5.69. The fraction of sp³-hybridized carbons (Fsp3) is 0.636. The molecule has 0 aliphatic carbocycles. The molecule has 1 aromatic rings. The predicted molar refractivity (Wildman–Crippen MR) is 62.1 cm³/mol. The highest BCUT2D eigenvalue weighted by Gasteiger charge is 2.24. The number of ether oxygens (including phenoxy) is 1. The zero-order valence-corrected chi connectivity index (χ0v) is 9.59. The second-order valence-corrected chi connectivity index (χ2v) is 4.14. The van der Waals surface area contributed by atoms with Crippen LogP contribution in [0.5, 0.6) is 0 Å². The third-order valence-corrected chi connectivity index (χ3v) is 2.99. The summed E-state index contributed by atoms with van der Waals surface area (Å²) >= 11 is 0. The lowest BCUT2D eigenvalue weighted by molar-refractivity contribution is 0.161. The molecule has 1 unspecified atom stereocenters. The Bertz CT molecular complexity index is 345. The van der Waals surface area contributed by atoms with Crippen molar-refractivity contribution < 1.29 is 4.74 Å². The van der Waals surface area contributed by atoms with Gasteiger partial charge in [-0.1, -0.05) is 0 Å². The number of hydrogen-bond donors (Lipinski definition) is 1. The molecule has 0 saturated carbocycles. The molecular weight excluding hydrogens is 204 g/mol. The van der Waals surface area contributed by atoms with Crippen molar-refractivity contribution in [3.05, 3.63) is 17.8 Å². The molecule has 1 aliphatic heterocycles. The van der Waals surface area contributed by atoms with E-state index in [9.17, 15) is 0 Å². The van der Waals surface area contributed by atoms with Gasteiger partial charge in [-0.25, -0.2) is 0 Å². The van der Waals surface area contributed by atoms with Crippen molar-refractivity contribution in [2.75, 3.05) is 31.7 Å². The smallest absolute Gasteiger partial charge is 0.155 e. The zero-order chi connectivity index (χ0) is 11.4. The van der Waals surface area contributed by atoms with Gasteiger partial charge in [-0.2, -0.15) is 5.10 Å². The summed E-state index contributed by atoms with van der Waals surface area (Å²) < 4.78 is 5.18. The summed E-state index contributed by atoms with van der Waals surface area (Å²) in [5.74, 6) is 1.53. The van der Waals surface area contributed by atoms with E-state index in [1.807, 2.05) is 6.07 Å². The molecule has 2 heterocycles. The number of methoxy groups -OCH3 is 1. The maximum Gasteiger partial charge on any atom is 0.155 e. The number of rotatable bonds is 4. The number of hydrogen-bond acceptors (Lipinski definition) is 5. The average Bonchev–Trinajstić information content (AvgIpc) is 2.78. The summed E-state index contributed by atoms with van der Waals surface area (Å²) in [5.41, 5.74) is 6.76. The van der Waals surface area contributed by atoms with Gasteiger partial charge >= 0.3 is 0 Å². The normalized spacial score (nSPS) is 20.4. The van der Waals surface area contributed by atoms with Crippen molar-refractivity contribution in [1.82, 2.24) is 10.2 Å². The van der Waals surface area contributed by atoms with Gasteiger partial charge in [-0.05, 0) is 12.5 Å². The Morgan fingerprint density at radius 2 is 2.50 bits per heavy atom. The Hall–Kier alpha value is -1.20. The van der Waals surface area contributed by atoms with E-state index < -0.39 is 0 Å². The topological polar surface area (TPSA) is 64.3 Å². The lowest BCUT2D eigenvalue weighted by Crippen LogP contribution is -2.24. The Morgan fingerprint density at radius 3 is 3.25 bits per heavy atom. The predicted octanol–water partition coefficient (Wildman–Crippen LogP) is 0.408. The average molecular weight is 222 g/mol. The van der Waals surface area contributed by atoms with Gasteiger partial charge in [-0.15, -0.1) is 5.10 Å². The minimum atomic E-state index is 0.510. The van der Waals surface area contributed by atoms with E-state index in [0.29, 0.717) is 12.5 Å². The van der Waals surface area contributed by atoms with Gasteiger partial charge in [-0.3, -0.25) is 0 Å². The Balaban J connectivity index is 2.08. The third-order valence-electron chi connectivity index (χ3n) is 2.99. The molecule has 1 aliphatic rings. The Kier molecular flexibility index (Phi) is 3.69. The van der Waals surface area contributed by atoms with Crippen molar-refractivity contribution in [2.24, 2.45) is 11.7 Å². The molecule has 2 rings (SSSR count). The molecule has 88 valence electrons. The first kappa shape index (κ1) is 11.3. The van der Waals surface area contributed by atoms with Crippen LogP contribution in [0.25, 0.3) is 0 Å². The van der Waals surface area contributed by atoms with Gasteiger partial charge in [0.05, 0.1) is 12.8 Å². The molecule has 16 heavy (non-hydrogen) atoms. The molecule has 5 nitrogen and oxygen atoms in total. The molecule has 1 fully saturated rings. The van der Waals surface area contributed by atoms with Crippen LogP contribution >= 0.6 is 0 Å². The Labute approximate surface area is 95.6 Å². The molecule has 0 bridgehead atoms. The quantitative estimate of drug-likeness (QED) is 0.799. The largest absolute Gasteiger partial charge is 0.384 e. The SMILES string of the molecule is COCC1CCN(c2nnccc2CN)C1. The van der Waals surface area contributed by atoms with Crippen LogP contribution in [0.2, 0.25) is 0 Å². The first-order valence-electron chi connectivity index (χ1n) is 5.59. The highest BCUT2D eigenvalue weighted by atomic mass is 16.5.